The Morgan fingerprint density at radius 3 is 2.12 bits per heavy atom. The third kappa shape index (κ3) is 7.05. The van der Waals surface area contributed by atoms with Gasteiger partial charge in [-0.2, -0.15) is 0 Å². The fourth-order valence-corrected chi connectivity index (χ4v) is 2.23. The number of hydrogen-bond acceptors (Lipinski definition) is 2. The molecule has 0 heterocycles. The van der Waals surface area contributed by atoms with Gasteiger partial charge in [-0.15, -0.1) is 0 Å². The molecule has 0 aliphatic heterocycles. The van der Waals surface area contributed by atoms with Crippen LogP contribution in [0.2, 0.25) is 0 Å². The summed E-state index contributed by atoms with van der Waals surface area (Å²) in [6, 6.07) is 0.504. The Bertz CT molecular complexity index is 170. The second kappa shape index (κ2) is 9.90. The molecule has 0 spiro atoms. The number of ether oxygens (including phenoxy) is 1. The molecule has 0 radical (unpaired) electrons. The van der Waals surface area contributed by atoms with Gasteiger partial charge in [0.05, 0.1) is 6.10 Å². The van der Waals surface area contributed by atoms with Crippen molar-refractivity contribution in [3.63, 3.8) is 0 Å². The van der Waals surface area contributed by atoms with Gasteiger partial charge < -0.3 is 10.1 Å². The molecule has 0 aromatic rings. The van der Waals surface area contributed by atoms with Gasteiger partial charge in [-0.25, -0.2) is 0 Å². The molecule has 104 valence electrons. The molecule has 0 aromatic heterocycles. The van der Waals surface area contributed by atoms with E-state index in [1.807, 2.05) is 0 Å². The second-order valence-electron chi connectivity index (χ2n) is 5.47. The third-order valence-electron chi connectivity index (χ3n) is 3.42. The van der Waals surface area contributed by atoms with Gasteiger partial charge in [0.15, 0.2) is 0 Å². The fourth-order valence-electron chi connectivity index (χ4n) is 2.23. The zero-order chi connectivity index (χ0) is 13.3. The van der Waals surface area contributed by atoms with Crippen molar-refractivity contribution in [3.05, 3.63) is 0 Å². The molecule has 0 aromatic carbocycles. The summed E-state index contributed by atoms with van der Waals surface area (Å²) in [6.07, 6.45) is 4.01. The highest BCUT2D eigenvalue weighted by Gasteiger charge is 2.25. The summed E-state index contributed by atoms with van der Waals surface area (Å²) < 4.78 is 5.95. The smallest absolute Gasteiger partial charge is 0.0750 e. The van der Waals surface area contributed by atoms with Gasteiger partial charge in [-0.1, -0.05) is 41.0 Å². The number of rotatable bonds is 10. The van der Waals surface area contributed by atoms with Crippen molar-refractivity contribution in [1.29, 1.82) is 0 Å². The molecule has 0 fully saturated rings. The molecule has 0 saturated carbocycles. The maximum Gasteiger partial charge on any atom is 0.0750 e. The van der Waals surface area contributed by atoms with Crippen molar-refractivity contribution in [2.45, 2.75) is 73.0 Å². The molecule has 0 saturated heterocycles. The van der Waals surface area contributed by atoms with Gasteiger partial charge in [0, 0.05) is 12.6 Å². The lowest BCUT2D eigenvalue weighted by Gasteiger charge is -2.32. The highest BCUT2D eigenvalue weighted by molar-refractivity contribution is 4.81. The summed E-state index contributed by atoms with van der Waals surface area (Å²) in [4.78, 5) is 0. The van der Waals surface area contributed by atoms with Crippen molar-refractivity contribution < 1.29 is 4.74 Å². The van der Waals surface area contributed by atoms with Crippen molar-refractivity contribution >= 4 is 0 Å². The Hall–Kier alpha value is -0.0800. The van der Waals surface area contributed by atoms with Gasteiger partial charge in [0.2, 0.25) is 0 Å². The lowest BCUT2D eigenvalue weighted by atomic mass is 9.90. The van der Waals surface area contributed by atoms with Gasteiger partial charge in [-0.05, 0) is 38.1 Å². The zero-order valence-corrected chi connectivity index (χ0v) is 12.8. The third-order valence-corrected chi connectivity index (χ3v) is 3.42. The molecule has 0 amide bonds. The van der Waals surface area contributed by atoms with Crippen LogP contribution in [0.4, 0.5) is 0 Å². The van der Waals surface area contributed by atoms with Crippen LogP contribution in [0.1, 0.15) is 60.8 Å². The minimum absolute atomic E-state index is 0.348. The monoisotopic (exact) mass is 243 g/mol. The highest BCUT2D eigenvalue weighted by atomic mass is 16.5. The van der Waals surface area contributed by atoms with E-state index < -0.39 is 0 Å². The van der Waals surface area contributed by atoms with Crippen molar-refractivity contribution in [2.75, 3.05) is 13.2 Å². The van der Waals surface area contributed by atoms with Crippen LogP contribution in [0.15, 0.2) is 0 Å². The molecule has 0 aliphatic carbocycles. The Kier molecular flexibility index (Phi) is 9.85. The average molecular weight is 243 g/mol. The summed E-state index contributed by atoms with van der Waals surface area (Å²) in [5.74, 6) is 1.35. The normalized spacial score (nSPS) is 17.1. The van der Waals surface area contributed by atoms with E-state index >= 15 is 0 Å². The van der Waals surface area contributed by atoms with Crippen LogP contribution in [0, 0.1) is 11.8 Å². The van der Waals surface area contributed by atoms with E-state index in [-0.39, 0.29) is 0 Å². The van der Waals surface area contributed by atoms with Gasteiger partial charge in [0.25, 0.3) is 0 Å². The minimum atomic E-state index is 0.348. The Morgan fingerprint density at radius 2 is 1.71 bits per heavy atom. The van der Waals surface area contributed by atoms with E-state index in [1.165, 1.54) is 19.3 Å². The van der Waals surface area contributed by atoms with E-state index in [4.69, 9.17) is 4.74 Å². The largest absolute Gasteiger partial charge is 0.377 e. The predicted octanol–water partition coefficient (Wildman–Crippen LogP) is 3.85. The molecular formula is C15H33NO. The summed E-state index contributed by atoms with van der Waals surface area (Å²) in [6.45, 7) is 15.4. The summed E-state index contributed by atoms with van der Waals surface area (Å²) in [5, 5.41) is 3.68. The topological polar surface area (TPSA) is 21.3 Å². The van der Waals surface area contributed by atoms with Crippen molar-refractivity contribution in [1.82, 2.24) is 5.32 Å². The molecule has 3 atom stereocenters. The SMILES string of the molecule is CCCNC(CC(C)CC)C(OCC)C(C)C. The molecule has 3 unspecified atom stereocenters. The molecule has 2 heteroatoms. The first kappa shape index (κ1) is 16.9. The van der Waals surface area contributed by atoms with Crippen LogP contribution in [-0.2, 0) is 4.74 Å². The highest BCUT2D eigenvalue weighted by Crippen LogP contribution is 2.19. The Balaban J connectivity index is 4.47. The molecule has 1 N–H and O–H groups in total. The van der Waals surface area contributed by atoms with Crippen molar-refractivity contribution in [2.24, 2.45) is 11.8 Å². The first-order chi connectivity index (χ1) is 8.06. The Morgan fingerprint density at radius 1 is 1.06 bits per heavy atom. The zero-order valence-electron chi connectivity index (χ0n) is 12.8. The first-order valence-electron chi connectivity index (χ1n) is 7.41. The molecule has 0 rings (SSSR count). The van der Waals surface area contributed by atoms with Gasteiger partial charge in [-0.3, -0.25) is 0 Å². The fraction of sp³-hybridized carbons (Fsp3) is 1.00. The van der Waals surface area contributed by atoms with Crippen LogP contribution in [-0.4, -0.2) is 25.3 Å². The average Bonchev–Trinajstić information content (AvgIpc) is 2.31. The summed E-state index contributed by atoms with van der Waals surface area (Å²) in [5.41, 5.74) is 0. The van der Waals surface area contributed by atoms with Crippen molar-refractivity contribution in [3.8, 4) is 0 Å². The van der Waals surface area contributed by atoms with Crippen LogP contribution in [0.5, 0.6) is 0 Å². The summed E-state index contributed by atoms with van der Waals surface area (Å²) in [7, 11) is 0. The lowest BCUT2D eigenvalue weighted by Crippen LogP contribution is -2.45. The van der Waals surface area contributed by atoms with Gasteiger partial charge >= 0.3 is 0 Å². The minimum Gasteiger partial charge on any atom is -0.377 e. The second-order valence-corrected chi connectivity index (χ2v) is 5.47. The molecule has 2 nitrogen and oxygen atoms in total. The van der Waals surface area contributed by atoms with E-state index in [1.54, 1.807) is 0 Å². The predicted molar refractivity (Wildman–Crippen MR) is 76.4 cm³/mol. The van der Waals surface area contributed by atoms with E-state index in [0.717, 1.165) is 19.1 Å². The number of hydrogen-bond donors (Lipinski definition) is 1. The van der Waals surface area contributed by atoms with E-state index in [0.29, 0.717) is 18.1 Å². The maximum absolute atomic E-state index is 5.95. The lowest BCUT2D eigenvalue weighted by molar-refractivity contribution is -0.00194. The van der Waals surface area contributed by atoms with Crippen LogP contribution < -0.4 is 5.32 Å². The van der Waals surface area contributed by atoms with Crippen LogP contribution >= 0.6 is 0 Å². The van der Waals surface area contributed by atoms with E-state index in [2.05, 4.69) is 46.9 Å². The Labute approximate surface area is 109 Å². The summed E-state index contributed by atoms with van der Waals surface area (Å²) >= 11 is 0. The standard InChI is InChI=1S/C15H33NO/c1-7-10-16-14(11-13(6)8-2)15(12(4)5)17-9-3/h12-16H,7-11H2,1-6H3. The molecule has 0 aliphatic rings. The first-order valence-corrected chi connectivity index (χ1v) is 7.41. The van der Waals surface area contributed by atoms with Gasteiger partial charge in [0.1, 0.15) is 0 Å². The molecular weight excluding hydrogens is 210 g/mol. The van der Waals surface area contributed by atoms with E-state index in [9.17, 15) is 0 Å². The molecule has 17 heavy (non-hydrogen) atoms. The molecule has 0 bridgehead atoms. The van der Waals surface area contributed by atoms with Crippen LogP contribution in [0.3, 0.4) is 0 Å². The maximum atomic E-state index is 5.95. The quantitative estimate of drug-likeness (QED) is 0.629. The number of nitrogens with one attached hydrogen (secondary N) is 1. The van der Waals surface area contributed by atoms with Crippen LogP contribution in [0.25, 0.3) is 0 Å².